The number of nitrogens with one attached hydrogen (secondary N) is 1. The molecule has 0 rings (SSSR count). The van der Waals surface area contributed by atoms with E-state index in [0.29, 0.717) is 0 Å². The molecular formula is C12H19NO6S. The maximum atomic E-state index is 11.5. The van der Waals surface area contributed by atoms with Crippen LogP contribution in [0.1, 0.15) is 34.1 Å². The summed E-state index contributed by atoms with van der Waals surface area (Å²) in [6.07, 6.45) is -0.469. The van der Waals surface area contributed by atoms with Crippen LogP contribution in [0.3, 0.4) is 0 Å². The van der Waals surface area contributed by atoms with Crippen molar-refractivity contribution in [3.05, 3.63) is 0 Å². The Labute approximate surface area is 121 Å². The molecular weight excluding hydrogens is 286 g/mol. The van der Waals surface area contributed by atoms with E-state index in [2.05, 4.69) is 5.32 Å². The van der Waals surface area contributed by atoms with E-state index >= 15 is 0 Å². The fraction of sp³-hybridized carbons (Fsp3) is 0.667. The second kappa shape index (κ2) is 7.88. The predicted octanol–water partition coefficient (Wildman–Crippen LogP) is 0.567. The normalized spacial score (nSPS) is 12.4. The summed E-state index contributed by atoms with van der Waals surface area (Å²) in [7, 11) is 0. The van der Waals surface area contributed by atoms with Crippen molar-refractivity contribution in [3.8, 4) is 0 Å². The second-order valence-corrected chi connectivity index (χ2v) is 6.18. The number of carboxylic acids is 1. The molecule has 0 saturated heterocycles. The van der Waals surface area contributed by atoms with Gasteiger partial charge in [-0.1, -0.05) is 11.8 Å². The Kier molecular flexibility index (Phi) is 7.26. The zero-order valence-corrected chi connectivity index (χ0v) is 12.7. The molecule has 2 N–H and O–H groups in total. The van der Waals surface area contributed by atoms with Crippen molar-refractivity contribution in [2.24, 2.45) is 0 Å². The molecule has 0 aliphatic rings. The number of carbonyl (C=O) groups excluding carboxylic acids is 3. The second-order valence-electron chi connectivity index (χ2n) is 5.03. The highest BCUT2D eigenvalue weighted by Gasteiger charge is 2.26. The molecule has 20 heavy (non-hydrogen) atoms. The van der Waals surface area contributed by atoms with Crippen LogP contribution in [0.2, 0.25) is 0 Å². The van der Waals surface area contributed by atoms with E-state index in [0.717, 1.165) is 11.8 Å². The summed E-state index contributed by atoms with van der Waals surface area (Å²) >= 11 is 0.762. The number of hydrogen-bond donors (Lipinski definition) is 2. The van der Waals surface area contributed by atoms with E-state index in [1.165, 1.54) is 6.92 Å². The summed E-state index contributed by atoms with van der Waals surface area (Å²) in [5.41, 5.74) is -0.728. The number of esters is 1. The lowest BCUT2D eigenvalue weighted by Gasteiger charge is -2.21. The molecule has 1 amide bonds. The molecule has 0 bridgehead atoms. The van der Waals surface area contributed by atoms with Crippen molar-refractivity contribution < 1.29 is 29.0 Å². The van der Waals surface area contributed by atoms with Gasteiger partial charge in [0.05, 0.1) is 12.2 Å². The molecule has 0 heterocycles. The first kappa shape index (κ1) is 18.4. The molecule has 0 aliphatic heterocycles. The highest BCUT2D eigenvalue weighted by molar-refractivity contribution is 8.14. The number of carboxylic acid groups (broad SMARTS) is 1. The molecule has 0 aromatic rings. The van der Waals surface area contributed by atoms with Crippen LogP contribution in [0.15, 0.2) is 0 Å². The third-order valence-electron chi connectivity index (χ3n) is 1.83. The standard InChI is InChI=1S/C12H19NO6S/c1-7(14)20-6-9(15)13-8(11(17)18)5-10(16)19-12(2,3)4/h8H,5-6H2,1-4H3,(H,13,15)(H,17,18)/t8-/m0/s1. The van der Waals surface area contributed by atoms with Crippen LogP contribution in [-0.4, -0.2) is 45.5 Å². The van der Waals surface area contributed by atoms with Gasteiger partial charge in [-0.3, -0.25) is 14.4 Å². The SMILES string of the molecule is CC(=O)SCC(=O)N[C@@H](CC(=O)OC(C)(C)C)C(=O)O. The first-order valence-electron chi connectivity index (χ1n) is 5.88. The van der Waals surface area contributed by atoms with Crippen LogP contribution < -0.4 is 5.32 Å². The van der Waals surface area contributed by atoms with Gasteiger partial charge in [0.25, 0.3) is 0 Å². The summed E-state index contributed by atoms with van der Waals surface area (Å²) in [5, 5.41) is 10.9. The number of amides is 1. The Morgan fingerprint density at radius 2 is 1.80 bits per heavy atom. The van der Waals surface area contributed by atoms with Gasteiger partial charge >= 0.3 is 11.9 Å². The van der Waals surface area contributed by atoms with Gasteiger partial charge in [-0.15, -0.1) is 0 Å². The highest BCUT2D eigenvalue weighted by Crippen LogP contribution is 2.09. The molecule has 0 unspecified atom stereocenters. The minimum absolute atomic E-state index is 0.187. The van der Waals surface area contributed by atoms with E-state index in [9.17, 15) is 19.2 Å². The third kappa shape index (κ3) is 9.37. The number of aliphatic carboxylic acids is 1. The van der Waals surface area contributed by atoms with Crippen molar-refractivity contribution in [2.75, 3.05) is 5.75 Å². The van der Waals surface area contributed by atoms with Crippen molar-refractivity contribution in [1.29, 1.82) is 0 Å². The molecule has 0 aromatic carbocycles. The van der Waals surface area contributed by atoms with Gasteiger partial charge in [-0.05, 0) is 20.8 Å². The first-order valence-corrected chi connectivity index (χ1v) is 6.87. The molecule has 0 aromatic heterocycles. The number of thioether (sulfide) groups is 1. The Bertz CT molecular complexity index is 401. The van der Waals surface area contributed by atoms with E-state index in [4.69, 9.17) is 9.84 Å². The van der Waals surface area contributed by atoms with Gasteiger partial charge in [0, 0.05) is 6.92 Å². The molecule has 7 nitrogen and oxygen atoms in total. The molecule has 0 radical (unpaired) electrons. The van der Waals surface area contributed by atoms with Gasteiger partial charge in [0.15, 0.2) is 5.12 Å². The van der Waals surface area contributed by atoms with Gasteiger partial charge < -0.3 is 15.2 Å². The van der Waals surface area contributed by atoms with Crippen molar-refractivity contribution in [3.63, 3.8) is 0 Å². The summed E-state index contributed by atoms with van der Waals surface area (Å²) in [5.74, 6) is -2.87. The molecule has 114 valence electrons. The van der Waals surface area contributed by atoms with Crippen molar-refractivity contribution in [2.45, 2.75) is 45.8 Å². The maximum Gasteiger partial charge on any atom is 0.326 e. The van der Waals surface area contributed by atoms with E-state index in [-0.39, 0.29) is 10.9 Å². The first-order chi connectivity index (χ1) is 9.01. The van der Waals surface area contributed by atoms with Crippen LogP contribution in [0, 0.1) is 0 Å². The summed E-state index contributed by atoms with van der Waals surface area (Å²) in [6, 6.07) is -1.37. The number of ether oxygens (including phenoxy) is 1. The number of rotatable bonds is 6. The average molecular weight is 305 g/mol. The smallest absolute Gasteiger partial charge is 0.326 e. The minimum atomic E-state index is -1.37. The van der Waals surface area contributed by atoms with Gasteiger partial charge in [-0.2, -0.15) is 0 Å². The molecule has 0 fully saturated rings. The fourth-order valence-corrected chi connectivity index (χ4v) is 1.57. The van der Waals surface area contributed by atoms with E-state index < -0.39 is 35.9 Å². The summed E-state index contributed by atoms with van der Waals surface area (Å²) < 4.78 is 4.99. The van der Waals surface area contributed by atoms with Gasteiger partial charge in [0.1, 0.15) is 11.6 Å². The Morgan fingerprint density at radius 3 is 2.20 bits per heavy atom. The largest absolute Gasteiger partial charge is 0.480 e. The molecule has 0 spiro atoms. The number of hydrogen-bond acceptors (Lipinski definition) is 6. The molecule has 1 atom stereocenters. The molecule has 0 aliphatic carbocycles. The number of carbonyl (C=O) groups is 4. The Morgan fingerprint density at radius 1 is 1.25 bits per heavy atom. The minimum Gasteiger partial charge on any atom is -0.480 e. The lowest BCUT2D eigenvalue weighted by molar-refractivity contribution is -0.158. The predicted molar refractivity (Wildman–Crippen MR) is 73.2 cm³/mol. The van der Waals surface area contributed by atoms with Gasteiger partial charge in [0.2, 0.25) is 5.91 Å². The zero-order valence-electron chi connectivity index (χ0n) is 11.9. The highest BCUT2D eigenvalue weighted by atomic mass is 32.2. The Balaban J connectivity index is 4.44. The summed E-state index contributed by atoms with van der Waals surface area (Å²) in [6.45, 7) is 6.27. The molecule has 0 saturated carbocycles. The summed E-state index contributed by atoms with van der Waals surface area (Å²) in [4.78, 5) is 44.6. The fourth-order valence-electron chi connectivity index (χ4n) is 1.15. The van der Waals surface area contributed by atoms with Crippen molar-refractivity contribution >= 4 is 34.7 Å². The lowest BCUT2D eigenvalue weighted by Crippen LogP contribution is -2.44. The van der Waals surface area contributed by atoms with E-state index in [1.807, 2.05) is 0 Å². The zero-order chi connectivity index (χ0) is 15.9. The topological polar surface area (TPSA) is 110 Å². The monoisotopic (exact) mass is 305 g/mol. The van der Waals surface area contributed by atoms with Crippen LogP contribution >= 0.6 is 11.8 Å². The van der Waals surface area contributed by atoms with E-state index in [1.54, 1.807) is 20.8 Å². The quantitative estimate of drug-likeness (QED) is 0.690. The van der Waals surface area contributed by atoms with Crippen molar-refractivity contribution in [1.82, 2.24) is 5.32 Å². The maximum absolute atomic E-state index is 11.5. The van der Waals surface area contributed by atoms with Crippen LogP contribution in [-0.2, 0) is 23.9 Å². The Hall–Kier alpha value is -1.57. The third-order valence-corrected chi connectivity index (χ3v) is 2.64. The van der Waals surface area contributed by atoms with Crippen LogP contribution in [0.25, 0.3) is 0 Å². The van der Waals surface area contributed by atoms with Crippen LogP contribution in [0.5, 0.6) is 0 Å². The van der Waals surface area contributed by atoms with Gasteiger partial charge in [-0.25, -0.2) is 4.79 Å². The average Bonchev–Trinajstić information content (AvgIpc) is 2.22. The van der Waals surface area contributed by atoms with Crippen LogP contribution in [0.4, 0.5) is 0 Å². The lowest BCUT2D eigenvalue weighted by atomic mass is 10.1. The molecule has 8 heteroatoms.